The number of carboxylic acids is 1. The fourth-order valence-corrected chi connectivity index (χ4v) is 3.92. The van der Waals surface area contributed by atoms with Crippen molar-refractivity contribution in [2.24, 2.45) is 0 Å². The van der Waals surface area contributed by atoms with Crippen LogP contribution in [0.2, 0.25) is 5.02 Å². The predicted octanol–water partition coefficient (Wildman–Crippen LogP) is 4.02. The molecule has 1 saturated heterocycles. The summed E-state index contributed by atoms with van der Waals surface area (Å²) in [4.78, 5) is 33.0. The summed E-state index contributed by atoms with van der Waals surface area (Å²) in [5.41, 5.74) is 1.76. The van der Waals surface area contributed by atoms with Gasteiger partial charge in [0.25, 0.3) is 5.91 Å². The predicted molar refractivity (Wildman–Crippen MR) is 128 cm³/mol. The molecule has 0 spiro atoms. The number of para-hydroxylation sites is 2. The Bertz CT molecular complexity index is 1160. The van der Waals surface area contributed by atoms with E-state index in [-0.39, 0.29) is 11.5 Å². The average molecular weight is 467 g/mol. The molecule has 8 nitrogen and oxygen atoms in total. The molecule has 1 aromatic heterocycles. The van der Waals surface area contributed by atoms with Gasteiger partial charge in [-0.2, -0.15) is 0 Å². The highest BCUT2D eigenvalue weighted by Gasteiger charge is 2.24. The topological polar surface area (TPSA) is 95.0 Å². The van der Waals surface area contributed by atoms with Crippen LogP contribution in [0.1, 0.15) is 20.7 Å². The van der Waals surface area contributed by atoms with Crippen molar-refractivity contribution in [3.8, 4) is 5.75 Å². The monoisotopic (exact) mass is 466 g/mol. The minimum absolute atomic E-state index is 0.0367. The fourth-order valence-electron chi connectivity index (χ4n) is 3.79. The zero-order chi connectivity index (χ0) is 23.4. The Morgan fingerprint density at radius 3 is 2.36 bits per heavy atom. The average Bonchev–Trinajstić information content (AvgIpc) is 2.84. The van der Waals surface area contributed by atoms with Crippen LogP contribution in [0.3, 0.4) is 0 Å². The Hall–Kier alpha value is -3.78. The molecule has 0 saturated carbocycles. The van der Waals surface area contributed by atoms with Crippen molar-refractivity contribution in [1.29, 1.82) is 0 Å². The number of piperazine rings is 1. The molecule has 0 unspecified atom stereocenters. The lowest BCUT2D eigenvalue weighted by Gasteiger charge is -2.37. The number of carbonyl (C=O) groups is 2. The maximum atomic E-state index is 12.5. The highest BCUT2D eigenvalue weighted by atomic mass is 35.5. The largest absolute Gasteiger partial charge is 0.495 e. The molecule has 2 N–H and O–H groups in total. The minimum Gasteiger partial charge on any atom is -0.495 e. The van der Waals surface area contributed by atoms with Crippen LogP contribution in [0, 0.1) is 0 Å². The van der Waals surface area contributed by atoms with E-state index >= 15 is 0 Å². The number of hydrogen-bond acceptors (Lipinski definition) is 6. The third-order valence-electron chi connectivity index (χ3n) is 5.47. The molecular weight excluding hydrogens is 444 g/mol. The number of halogens is 1. The number of amides is 1. The van der Waals surface area contributed by atoms with Crippen LogP contribution in [0.15, 0.2) is 60.8 Å². The van der Waals surface area contributed by atoms with Crippen LogP contribution < -0.4 is 19.9 Å². The zero-order valence-electron chi connectivity index (χ0n) is 18.0. The van der Waals surface area contributed by atoms with Crippen LogP contribution in [-0.4, -0.2) is 55.3 Å². The normalized spacial score (nSPS) is 13.5. The third-order valence-corrected chi connectivity index (χ3v) is 5.72. The van der Waals surface area contributed by atoms with E-state index in [0.717, 1.165) is 11.4 Å². The number of anilines is 3. The van der Waals surface area contributed by atoms with Crippen molar-refractivity contribution in [2.75, 3.05) is 48.4 Å². The molecule has 0 radical (unpaired) electrons. The first kappa shape index (κ1) is 22.4. The van der Waals surface area contributed by atoms with E-state index in [0.29, 0.717) is 48.3 Å². The molecule has 1 fully saturated rings. The number of hydrogen-bond donors (Lipinski definition) is 2. The van der Waals surface area contributed by atoms with E-state index in [1.54, 1.807) is 31.4 Å². The van der Waals surface area contributed by atoms with E-state index in [1.807, 2.05) is 29.2 Å². The lowest BCUT2D eigenvalue weighted by Crippen LogP contribution is -2.47. The number of methoxy groups -OCH3 is 1. The molecule has 2 aromatic carbocycles. The number of aromatic nitrogens is 1. The first-order valence-electron chi connectivity index (χ1n) is 10.4. The summed E-state index contributed by atoms with van der Waals surface area (Å²) in [5, 5.41) is 13.0. The van der Waals surface area contributed by atoms with Crippen LogP contribution in [0.4, 0.5) is 17.2 Å². The molecule has 0 atom stereocenters. The van der Waals surface area contributed by atoms with E-state index in [2.05, 4.69) is 15.2 Å². The Labute approximate surface area is 196 Å². The number of carbonyl (C=O) groups excluding carboxylic acids is 1. The molecule has 1 amide bonds. The smallest absolute Gasteiger partial charge is 0.339 e. The standard InChI is InChI=1S/C24H23ClN4O4/c1-33-21-5-3-2-4-20(21)28-10-12-29(13-11-28)22-19(24(31)32)14-18(15-26-22)27-23(30)16-6-8-17(25)9-7-16/h2-9,14-15H,10-13H2,1H3,(H,27,30)(H,31,32). The molecule has 33 heavy (non-hydrogen) atoms. The van der Waals surface area contributed by atoms with Gasteiger partial charge in [-0.05, 0) is 42.5 Å². The summed E-state index contributed by atoms with van der Waals surface area (Å²) in [5.74, 6) is -0.294. The first-order valence-corrected chi connectivity index (χ1v) is 10.8. The number of benzene rings is 2. The summed E-state index contributed by atoms with van der Waals surface area (Å²) in [6.45, 7) is 2.58. The molecule has 0 aliphatic carbocycles. The van der Waals surface area contributed by atoms with Gasteiger partial charge in [-0.1, -0.05) is 23.7 Å². The van der Waals surface area contributed by atoms with Crippen LogP contribution in [0.25, 0.3) is 0 Å². The SMILES string of the molecule is COc1ccccc1N1CCN(c2ncc(NC(=O)c3ccc(Cl)cc3)cc2C(=O)O)CC1. The number of pyridine rings is 1. The molecule has 1 aliphatic rings. The number of ether oxygens (including phenoxy) is 1. The van der Waals surface area contributed by atoms with Gasteiger partial charge >= 0.3 is 5.97 Å². The zero-order valence-corrected chi connectivity index (χ0v) is 18.7. The number of nitrogens with one attached hydrogen (secondary N) is 1. The van der Waals surface area contributed by atoms with E-state index in [1.165, 1.54) is 12.3 Å². The number of nitrogens with zero attached hydrogens (tertiary/aromatic N) is 3. The van der Waals surface area contributed by atoms with Gasteiger partial charge in [0.2, 0.25) is 0 Å². The van der Waals surface area contributed by atoms with Gasteiger partial charge in [-0.3, -0.25) is 4.79 Å². The lowest BCUT2D eigenvalue weighted by molar-refractivity contribution is 0.0696. The minimum atomic E-state index is -1.10. The third kappa shape index (κ3) is 5.01. The number of aromatic carboxylic acids is 1. The highest BCUT2D eigenvalue weighted by Crippen LogP contribution is 2.30. The van der Waals surface area contributed by atoms with E-state index in [9.17, 15) is 14.7 Å². The van der Waals surface area contributed by atoms with Crippen LogP contribution in [0.5, 0.6) is 5.75 Å². The second kappa shape index (κ2) is 9.79. The summed E-state index contributed by atoms with van der Waals surface area (Å²) < 4.78 is 5.46. The van der Waals surface area contributed by atoms with Crippen LogP contribution in [-0.2, 0) is 0 Å². The second-order valence-electron chi connectivity index (χ2n) is 7.51. The summed E-state index contributed by atoms with van der Waals surface area (Å²) in [6.07, 6.45) is 1.47. The summed E-state index contributed by atoms with van der Waals surface area (Å²) in [7, 11) is 1.64. The van der Waals surface area contributed by atoms with Gasteiger partial charge in [-0.15, -0.1) is 0 Å². The maximum absolute atomic E-state index is 12.5. The Morgan fingerprint density at radius 1 is 1.03 bits per heavy atom. The van der Waals surface area contributed by atoms with Gasteiger partial charge in [0.1, 0.15) is 17.1 Å². The molecular formula is C24H23ClN4O4. The van der Waals surface area contributed by atoms with Gasteiger partial charge in [0.05, 0.1) is 24.7 Å². The molecule has 4 rings (SSSR count). The van der Waals surface area contributed by atoms with Crippen LogP contribution >= 0.6 is 11.6 Å². The quantitative estimate of drug-likeness (QED) is 0.566. The van der Waals surface area contributed by atoms with Crippen molar-refractivity contribution in [2.45, 2.75) is 0 Å². The summed E-state index contributed by atoms with van der Waals surface area (Å²) in [6, 6.07) is 15.7. The van der Waals surface area contributed by atoms with Crippen molar-refractivity contribution in [3.63, 3.8) is 0 Å². The Kier molecular flexibility index (Phi) is 6.65. The molecule has 170 valence electrons. The van der Waals surface area contributed by atoms with E-state index in [4.69, 9.17) is 16.3 Å². The fraction of sp³-hybridized carbons (Fsp3) is 0.208. The van der Waals surface area contributed by atoms with Gasteiger partial charge < -0.3 is 25.0 Å². The molecule has 2 heterocycles. The molecule has 0 bridgehead atoms. The van der Waals surface area contributed by atoms with Gasteiger partial charge in [-0.25, -0.2) is 9.78 Å². The van der Waals surface area contributed by atoms with Crippen molar-refractivity contribution in [1.82, 2.24) is 4.98 Å². The number of carboxylic acid groups (broad SMARTS) is 1. The second-order valence-corrected chi connectivity index (χ2v) is 7.94. The van der Waals surface area contributed by atoms with Crippen molar-refractivity contribution < 1.29 is 19.4 Å². The molecule has 9 heteroatoms. The van der Waals surface area contributed by atoms with Gasteiger partial charge in [0, 0.05) is 36.8 Å². The Balaban J connectivity index is 1.49. The Morgan fingerprint density at radius 2 is 1.70 bits per heavy atom. The first-order chi connectivity index (χ1) is 16.0. The van der Waals surface area contributed by atoms with Crippen molar-refractivity contribution in [3.05, 3.63) is 76.9 Å². The molecule has 3 aromatic rings. The van der Waals surface area contributed by atoms with Gasteiger partial charge in [0.15, 0.2) is 0 Å². The van der Waals surface area contributed by atoms with E-state index < -0.39 is 5.97 Å². The summed E-state index contributed by atoms with van der Waals surface area (Å²) >= 11 is 5.86. The number of rotatable bonds is 6. The maximum Gasteiger partial charge on any atom is 0.339 e. The highest BCUT2D eigenvalue weighted by molar-refractivity contribution is 6.30. The molecule has 1 aliphatic heterocycles. The van der Waals surface area contributed by atoms with Crippen molar-refractivity contribution >= 4 is 40.7 Å². The lowest BCUT2D eigenvalue weighted by atomic mass is 10.1.